The molecule has 0 bridgehead atoms. The largest absolute Gasteiger partial charge is 0.479 e. The molecule has 2 amide bonds. The summed E-state index contributed by atoms with van der Waals surface area (Å²) in [4.78, 5) is 22.5. The fourth-order valence-corrected chi connectivity index (χ4v) is 3.03. The van der Waals surface area contributed by atoms with E-state index in [1.54, 1.807) is 6.92 Å². The van der Waals surface area contributed by atoms with Crippen molar-refractivity contribution < 1.29 is 28.2 Å². The Morgan fingerprint density at radius 2 is 1.96 bits per heavy atom. The molecule has 9 nitrogen and oxygen atoms in total. The lowest BCUT2D eigenvalue weighted by Crippen LogP contribution is -2.47. The number of aliphatic hydroxyl groups is 1. The van der Waals surface area contributed by atoms with Crippen molar-refractivity contribution in [2.45, 2.75) is 43.7 Å². The highest BCUT2D eigenvalue weighted by atomic mass is 32.2. The van der Waals surface area contributed by atoms with Gasteiger partial charge < -0.3 is 20.8 Å². The number of hydrogen-bond donors (Lipinski definition) is 5. The van der Waals surface area contributed by atoms with E-state index in [1.807, 2.05) is 6.92 Å². The summed E-state index contributed by atoms with van der Waals surface area (Å²) in [7, 11) is -3.72. The van der Waals surface area contributed by atoms with E-state index < -0.39 is 34.2 Å². The second kappa shape index (κ2) is 8.28. The second-order valence-corrected chi connectivity index (χ2v) is 7.56. The lowest BCUT2D eigenvalue weighted by atomic mass is 10.1. The van der Waals surface area contributed by atoms with Crippen molar-refractivity contribution in [2.75, 3.05) is 11.9 Å². The number of carboxylic acids is 1. The van der Waals surface area contributed by atoms with Crippen LogP contribution in [0.4, 0.5) is 10.5 Å². The zero-order valence-corrected chi connectivity index (χ0v) is 15.1. The van der Waals surface area contributed by atoms with Crippen LogP contribution in [0.1, 0.15) is 27.2 Å². The number of rotatable bonds is 8. The standard InChI is InChI=1S/C15H23N3O6S/c1-4-10(2)18-25(23,24)12-7-5-6-11(8-12)17-14(21)16-9-15(3,22)13(19)20/h5-8,10,18,22H,4,9H2,1-3H3,(H,19,20)(H2,16,17,21). The fraction of sp³-hybridized carbons (Fsp3) is 0.467. The molecular formula is C15H23N3O6S. The van der Waals surface area contributed by atoms with Gasteiger partial charge in [-0.3, -0.25) is 0 Å². The van der Waals surface area contributed by atoms with Crippen LogP contribution in [-0.4, -0.2) is 48.8 Å². The van der Waals surface area contributed by atoms with Gasteiger partial charge in [0.2, 0.25) is 10.0 Å². The SMILES string of the molecule is CCC(C)NS(=O)(=O)c1cccc(NC(=O)NCC(C)(O)C(=O)O)c1. The zero-order valence-electron chi connectivity index (χ0n) is 14.2. The number of sulfonamides is 1. The van der Waals surface area contributed by atoms with E-state index >= 15 is 0 Å². The number of aliphatic carboxylic acids is 1. The first-order chi connectivity index (χ1) is 11.5. The summed E-state index contributed by atoms with van der Waals surface area (Å²) >= 11 is 0. The molecule has 0 saturated heterocycles. The van der Waals surface area contributed by atoms with Crippen LogP contribution in [0, 0.1) is 0 Å². The Labute approximate surface area is 146 Å². The molecule has 0 radical (unpaired) electrons. The van der Waals surface area contributed by atoms with Gasteiger partial charge in [0.1, 0.15) is 0 Å². The highest BCUT2D eigenvalue weighted by Crippen LogP contribution is 2.16. The minimum atomic E-state index is -3.72. The zero-order chi connectivity index (χ0) is 19.3. The third-order valence-corrected chi connectivity index (χ3v) is 5.01. The summed E-state index contributed by atoms with van der Waals surface area (Å²) in [6.45, 7) is 4.12. The molecule has 0 aromatic heterocycles. The third-order valence-electron chi connectivity index (χ3n) is 3.42. The summed E-state index contributed by atoms with van der Waals surface area (Å²) in [5.41, 5.74) is -1.90. The minimum Gasteiger partial charge on any atom is -0.479 e. The maximum absolute atomic E-state index is 12.2. The quantitative estimate of drug-likeness (QED) is 0.454. The minimum absolute atomic E-state index is 0.0110. The molecule has 2 unspecified atom stereocenters. The number of carbonyl (C=O) groups is 2. The van der Waals surface area contributed by atoms with Gasteiger partial charge in [0, 0.05) is 11.7 Å². The molecule has 0 saturated carbocycles. The molecule has 10 heteroatoms. The monoisotopic (exact) mass is 373 g/mol. The van der Waals surface area contributed by atoms with E-state index in [2.05, 4.69) is 15.4 Å². The van der Waals surface area contributed by atoms with Crippen molar-refractivity contribution in [1.82, 2.24) is 10.0 Å². The molecule has 0 aliphatic carbocycles. The van der Waals surface area contributed by atoms with Crippen LogP contribution in [0.3, 0.4) is 0 Å². The Balaban J connectivity index is 2.79. The molecule has 5 N–H and O–H groups in total. The van der Waals surface area contributed by atoms with Crippen molar-refractivity contribution in [3.63, 3.8) is 0 Å². The van der Waals surface area contributed by atoms with Crippen LogP contribution in [0.5, 0.6) is 0 Å². The number of carboxylic acid groups (broad SMARTS) is 1. The first kappa shape index (κ1) is 20.9. The molecule has 25 heavy (non-hydrogen) atoms. The topological polar surface area (TPSA) is 145 Å². The van der Waals surface area contributed by atoms with E-state index in [0.29, 0.717) is 6.42 Å². The van der Waals surface area contributed by atoms with Gasteiger partial charge in [-0.05, 0) is 38.5 Å². The summed E-state index contributed by atoms with van der Waals surface area (Å²) in [5, 5.41) is 22.9. The number of carbonyl (C=O) groups excluding carboxylic acids is 1. The maximum Gasteiger partial charge on any atom is 0.337 e. The Kier molecular flexibility index (Phi) is 6.91. The predicted octanol–water partition coefficient (Wildman–Crippen LogP) is 0.721. The van der Waals surface area contributed by atoms with E-state index in [0.717, 1.165) is 6.92 Å². The summed E-state index contributed by atoms with van der Waals surface area (Å²) in [6, 6.07) is 4.61. The molecule has 0 spiro atoms. The Morgan fingerprint density at radius 3 is 2.52 bits per heavy atom. The average Bonchev–Trinajstić information content (AvgIpc) is 2.52. The van der Waals surface area contributed by atoms with Crippen LogP contribution in [-0.2, 0) is 14.8 Å². The molecule has 0 heterocycles. The smallest absolute Gasteiger partial charge is 0.337 e. The van der Waals surface area contributed by atoms with Gasteiger partial charge in [0.05, 0.1) is 11.4 Å². The van der Waals surface area contributed by atoms with Crippen LogP contribution in [0.2, 0.25) is 0 Å². The van der Waals surface area contributed by atoms with Crippen molar-refractivity contribution >= 4 is 27.7 Å². The van der Waals surface area contributed by atoms with Crippen LogP contribution < -0.4 is 15.4 Å². The van der Waals surface area contributed by atoms with Crippen molar-refractivity contribution in [2.24, 2.45) is 0 Å². The van der Waals surface area contributed by atoms with Crippen molar-refractivity contribution in [3.8, 4) is 0 Å². The molecule has 2 atom stereocenters. The van der Waals surface area contributed by atoms with Gasteiger partial charge >= 0.3 is 12.0 Å². The number of urea groups is 1. The predicted molar refractivity (Wildman–Crippen MR) is 91.8 cm³/mol. The molecule has 0 fully saturated rings. The molecule has 1 aromatic carbocycles. The summed E-state index contributed by atoms with van der Waals surface area (Å²) in [6.07, 6.45) is 0.628. The van der Waals surface area contributed by atoms with Gasteiger partial charge in [-0.15, -0.1) is 0 Å². The molecular weight excluding hydrogens is 350 g/mol. The van der Waals surface area contributed by atoms with E-state index in [9.17, 15) is 23.1 Å². The molecule has 140 valence electrons. The third kappa shape index (κ3) is 6.33. The van der Waals surface area contributed by atoms with E-state index in [-0.39, 0.29) is 16.6 Å². The molecule has 1 rings (SSSR count). The maximum atomic E-state index is 12.2. The summed E-state index contributed by atoms with van der Waals surface area (Å²) in [5.74, 6) is -1.47. The highest BCUT2D eigenvalue weighted by Gasteiger charge is 2.30. The lowest BCUT2D eigenvalue weighted by molar-refractivity contribution is -0.155. The Bertz CT molecular complexity index is 733. The van der Waals surface area contributed by atoms with Crippen LogP contribution >= 0.6 is 0 Å². The van der Waals surface area contributed by atoms with Crippen LogP contribution in [0.15, 0.2) is 29.2 Å². The van der Waals surface area contributed by atoms with E-state index in [4.69, 9.17) is 5.11 Å². The number of amides is 2. The molecule has 0 aliphatic rings. The highest BCUT2D eigenvalue weighted by molar-refractivity contribution is 7.89. The Morgan fingerprint density at radius 1 is 1.32 bits per heavy atom. The van der Waals surface area contributed by atoms with Gasteiger partial charge in [-0.2, -0.15) is 0 Å². The average molecular weight is 373 g/mol. The molecule has 0 aliphatic heterocycles. The van der Waals surface area contributed by atoms with Crippen LogP contribution in [0.25, 0.3) is 0 Å². The second-order valence-electron chi connectivity index (χ2n) is 5.85. The Hall–Kier alpha value is -2.17. The van der Waals surface area contributed by atoms with Gasteiger partial charge in [0.15, 0.2) is 5.60 Å². The van der Waals surface area contributed by atoms with Gasteiger partial charge in [0.25, 0.3) is 0 Å². The van der Waals surface area contributed by atoms with E-state index in [1.165, 1.54) is 24.3 Å². The fourth-order valence-electron chi connectivity index (χ4n) is 1.66. The first-order valence-corrected chi connectivity index (χ1v) is 9.09. The molecule has 1 aromatic rings. The lowest BCUT2D eigenvalue weighted by Gasteiger charge is -2.18. The normalized spacial score (nSPS) is 15.0. The summed E-state index contributed by atoms with van der Waals surface area (Å²) < 4.78 is 27.0. The number of hydrogen-bond acceptors (Lipinski definition) is 5. The van der Waals surface area contributed by atoms with Gasteiger partial charge in [-0.25, -0.2) is 22.7 Å². The number of anilines is 1. The number of nitrogens with one attached hydrogen (secondary N) is 3. The van der Waals surface area contributed by atoms with Crippen molar-refractivity contribution in [3.05, 3.63) is 24.3 Å². The van der Waals surface area contributed by atoms with Gasteiger partial charge in [-0.1, -0.05) is 13.0 Å². The number of benzene rings is 1. The first-order valence-electron chi connectivity index (χ1n) is 7.61. The van der Waals surface area contributed by atoms with Crippen molar-refractivity contribution in [1.29, 1.82) is 0 Å².